The second-order valence-electron chi connectivity index (χ2n) is 5.74. The lowest BCUT2D eigenvalue weighted by atomic mass is 10.1. The van der Waals surface area contributed by atoms with E-state index in [4.69, 9.17) is 4.74 Å². The number of carbonyl (C=O) groups excluding carboxylic acids is 2. The molecule has 6 heteroatoms. The quantitative estimate of drug-likeness (QED) is 0.823. The van der Waals surface area contributed by atoms with E-state index in [1.54, 1.807) is 25.3 Å². The average molecular weight is 367 g/mol. The van der Waals surface area contributed by atoms with Gasteiger partial charge in [-0.3, -0.25) is 9.59 Å². The number of hydrogen-bond acceptors (Lipinski definition) is 3. The lowest BCUT2D eigenvalue weighted by molar-refractivity contribution is -0.134. The molecule has 0 aromatic heterocycles. The van der Waals surface area contributed by atoms with Gasteiger partial charge in [-0.1, -0.05) is 0 Å². The normalized spacial score (nSPS) is 18.3. The molecule has 2 aliphatic rings. The van der Waals surface area contributed by atoms with Crippen molar-refractivity contribution < 1.29 is 14.3 Å². The standard InChI is InChI=1S/C16H19BrN2O3/c1-22-14-5-4-12(10-13(14)17)16(21)19-8-6-18(7-9-19)15(20)11-2-3-11/h4-5,10-11H,2-3,6-9H2,1H3. The Hall–Kier alpha value is -1.56. The van der Waals surface area contributed by atoms with Crippen molar-refractivity contribution in [3.8, 4) is 5.75 Å². The first-order valence-electron chi connectivity index (χ1n) is 7.51. The Balaban J connectivity index is 1.61. The van der Waals surface area contributed by atoms with Crippen molar-refractivity contribution in [3.05, 3.63) is 28.2 Å². The van der Waals surface area contributed by atoms with Crippen LogP contribution < -0.4 is 4.74 Å². The molecule has 0 spiro atoms. The van der Waals surface area contributed by atoms with E-state index in [0.29, 0.717) is 37.5 Å². The molecule has 0 bridgehead atoms. The number of hydrogen-bond donors (Lipinski definition) is 0. The Kier molecular flexibility index (Phi) is 4.38. The summed E-state index contributed by atoms with van der Waals surface area (Å²) in [6.07, 6.45) is 2.05. The molecule has 2 amide bonds. The third kappa shape index (κ3) is 3.11. The van der Waals surface area contributed by atoms with E-state index in [2.05, 4.69) is 15.9 Å². The molecule has 5 nitrogen and oxygen atoms in total. The van der Waals surface area contributed by atoms with Crippen LogP contribution in [-0.2, 0) is 4.79 Å². The summed E-state index contributed by atoms with van der Waals surface area (Å²) in [5.41, 5.74) is 0.634. The highest BCUT2D eigenvalue weighted by molar-refractivity contribution is 9.10. The smallest absolute Gasteiger partial charge is 0.254 e. The van der Waals surface area contributed by atoms with Gasteiger partial charge in [-0.05, 0) is 47.0 Å². The van der Waals surface area contributed by atoms with Crippen LogP contribution in [0.1, 0.15) is 23.2 Å². The third-order valence-corrected chi connectivity index (χ3v) is 4.82. The molecule has 0 radical (unpaired) electrons. The van der Waals surface area contributed by atoms with E-state index < -0.39 is 0 Å². The molecule has 1 aromatic carbocycles. The highest BCUT2D eigenvalue weighted by atomic mass is 79.9. The first-order chi connectivity index (χ1) is 10.6. The largest absolute Gasteiger partial charge is 0.496 e. The number of benzene rings is 1. The topological polar surface area (TPSA) is 49.9 Å². The second kappa shape index (κ2) is 6.28. The predicted molar refractivity (Wildman–Crippen MR) is 85.9 cm³/mol. The van der Waals surface area contributed by atoms with Gasteiger partial charge in [-0.15, -0.1) is 0 Å². The van der Waals surface area contributed by atoms with E-state index >= 15 is 0 Å². The van der Waals surface area contributed by atoms with E-state index in [9.17, 15) is 9.59 Å². The number of piperazine rings is 1. The summed E-state index contributed by atoms with van der Waals surface area (Å²) in [6, 6.07) is 5.33. The fourth-order valence-corrected chi connectivity index (χ4v) is 3.24. The molecule has 1 aliphatic carbocycles. The summed E-state index contributed by atoms with van der Waals surface area (Å²) >= 11 is 3.40. The van der Waals surface area contributed by atoms with Crippen LogP contribution in [0.5, 0.6) is 5.75 Å². The van der Waals surface area contributed by atoms with Gasteiger partial charge in [0.25, 0.3) is 5.91 Å². The molecule has 0 N–H and O–H groups in total. The van der Waals surface area contributed by atoms with Gasteiger partial charge < -0.3 is 14.5 Å². The van der Waals surface area contributed by atoms with Gasteiger partial charge in [-0.2, -0.15) is 0 Å². The van der Waals surface area contributed by atoms with Gasteiger partial charge in [0.2, 0.25) is 5.91 Å². The first-order valence-corrected chi connectivity index (χ1v) is 8.31. The molecule has 1 heterocycles. The first kappa shape index (κ1) is 15.3. The van der Waals surface area contributed by atoms with E-state index in [0.717, 1.165) is 17.3 Å². The molecule has 1 saturated heterocycles. The summed E-state index contributed by atoms with van der Waals surface area (Å²) in [5, 5.41) is 0. The number of nitrogens with zero attached hydrogens (tertiary/aromatic N) is 2. The minimum Gasteiger partial charge on any atom is -0.496 e. The van der Waals surface area contributed by atoms with Gasteiger partial charge in [0, 0.05) is 37.7 Å². The van der Waals surface area contributed by atoms with Crippen molar-refractivity contribution >= 4 is 27.7 Å². The van der Waals surface area contributed by atoms with Crippen LogP contribution in [0.4, 0.5) is 0 Å². The van der Waals surface area contributed by atoms with Crippen LogP contribution in [0.2, 0.25) is 0 Å². The highest BCUT2D eigenvalue weighted by Gasteiger charge is 2.35. The van der Waals surface area contributed by atoms with Crippen LogP contribution in [0, 0.1) is 5.92 Å². The zero-order valence-corrected chi connectivity index (χ0v) is 14.1. The van der Waals surface area contributed by atoms with Crippen LogP contribution in [0.25, 0.3) is 0 Å². The zero-order chi connectivity index (χ0) is 15.7. The Morgan fingerprint density at radius 2 is 1.77 bits per heavy atom. The molecular weight excluding hydrogens is 348 g/mol. The lowest BCUT2D eigenvalue weighted by Gasteiger charge is -2.35. The van der Waals surface area contributed by atoms with Crippen LogP contribution >= 0.6 is 15.9 Å². The number of rotatable bonds is 3. The van der Waals surface area contributed by atoms with Crippen molar-refractivity contribution in [1.82, 2.24) is 9.80 Å². The van der Waals surface area contributed by atoms with Gasteiger partial charge >= 0.3 is 0 Å². The fourth-order valence-electron chi connectivity index (χ4n) is 2.70. The maximum absolute atomic E-state index is 12.5. The molecule has 118 valence electrons. The molecule has 1 saturated carbocycles. The molecule has 0 unspecified atom stereocenters. The Morgan fingerprint density at radius 1 is 1.14 bits per heavy atom. The highest BCUT2D eigenvalue weighted by Crippen LogP contribution is 2.31. The number of carbonyl (C=O) groups is 2. The van der Waals surface area contributed by atoms with E-state index in [1.165, 1.54) is 0 Å². The number of ether oxygens (including phenoxy) is 1. The summed E-state index contributed by atoms with van der Waals surface area (Å²) in [6.45, 7) is 2.47. The minimum atomic E-state index is 0.00174. The SMILES string of the molecule is COc1ccc(C(=O)N2CCN(C(=O)C3CC3)CC2)cc1Br. The molecule has 22 heavy (non-hydrogen) atoms. The van der Waals surface area contributed by atoms with Crippen molar-refractivity contribution in [2.75, 3.05) is 33.3 Å². The zero-order valence-electron chi connectivity index (χ0n) is 12.5. The second-order valence-corrected chi connectivity index (χ2v) is 6.60. The summed E-state index contributed by atoms with van der Waals surface area (Å²) in [7, 11) is 1.59. The Morgan fingerprint density at radius 3 is 2.32 bits per heavy atom. The van der Waals surface area contributed by atoms with E-state index in [-0.39, 0.29) is 17.7 Å². The molecule has 3 rings (SSSR count). The average Bonchev–Trinajstić information content (AvgIpc) is 3.38. The van der Waals surface area contributed by atoms with E-state index in [1.807, 2.05) is 9.80 Å². The maximum Gasteiger partial charge on any atom is 0.254 e. The monoisotopic (exact) mass is 366 g/mol. The van der Waals surface area contributed by atoms with Gasteiger partial charge in [-0.25, -0.2) is 0 Å². The summed E-state index contributed by atoms with van der Waals surface area (Å²) in [5.74, 6) is 1.22. The van der Waals surface area contributed by atoms with Crippen molar-refractivity contribution in [2.24, 2.45) is 5.92 Å². The molecule has 1 aliphatic heterocycles. The Bertz CT molecular complexity index is 593. The minimum absolute atomic E-state index is 0.00174. The van der Waals surface area contributed by atoms with Gasteiger partial charge in [0.05, 0.1) is 11.6 Å². The number of halogens is 1. The fraction of sp³-hybridized carbons (Fsp3) is 0.500. The number of methoxy groups -OCH3 is 1. The molecule has 0 atom stereocenters. The van der Waals surface area contributed by atoms with Crippen LogP contribution in [0.3, 0.4) is 0 Å². The van der Waals surface area contributed by atoms with Crippen LogP contribution in [0.15, 0.2) is 22.7 Å². The maximum atomic E-state index is 12.5. The van der Waals surface area contributed by atoms with Crippen molar-refractivity contribution in [1.29, 1.82) is 0 Å². The van der Waals surface area contributed by atoms with Gasteiger partial charge in [0.1, 0.15) is 5.75 Å². The predicted octanol–water partition coefficient (Wildman–Crippen LogP) is 2.15. The molecule has 1 aromatic rings. The lowest BCUT2D eigenvalue weighted by Crippen LogP contribution is -2.51. The molecular formula is C16H19BrN2O3. The van der Waals surface area contributed by atoms with Gasteiger partial charge in [0.15, 0.2) is 0 Å². The number of amides is 2. The van der Waals surface area contributed by atoms with Crippen molar-refractivity contribution in [2.45, 2.75) is 12.8 Å². The van der Waals surface area contributed by atoms with Crippen LogP contribution in [-0.4, -0.2) is 54.9 Å². The molecule has 2 fully saturated rings. The third-order valence-electron chi connectivity index (χ3n) is 4.20. The van der Waals surface area contributed by atoms with Crippen molar-refractivity contribution in [3.63, 3.8) is 0 Å². The Labute approximate surface area is 138 Å². The summed E-state index contributed by atoms with van der Waals surface area (Å²) < 4.78 is 5.94. The summed E-state index contributed by atoms with van der Waals surface area (Å²) in [4.78, 5) is 28.3.